The predicted molar refractivity (Wildman–Crippen MR) is 83.3 cm³/mol. The molecule has 1 unspecified atom stereocenters. The minimum absolute atomic E-state index is 0.0496. The minimum Gasteiger partial charge on any atom is -0.308 e. The van der Waals surface area contributed by atoms with Crippen molar-refractivity contribution >= 4 is 11.7 Å². The fraction of sp³-hybridized carbons (Fsp3) is 0.750. The van der Waals surface area contributed by atoms with Gasteiger partial charge in [-0.15, -0.1) is 0 Å². The van der Waals surface area contributed by atoms with Gasteiger partial charge in [-0.05, 0) is 32.2 Å². The van der Waals surface area contributed by atoms with Gasteiger partial charge in [-0.1, -0.05) is 32.1 Å². The summed E-state index contributed by atoms with van der Waals surface area (Å²) in [6.45, 7) is 0.936. The van der Waals surface area contributed by atoms with Gasteiger partial charge in [0.15, 0.2) is 5.82 Å². The summed E-state index contributed by atoms with van der Waals surface area (Å²) in [5, 5.41) is 13.6. The molecule has 1 amide bonds. The van der Waals surface area contributed by atoms with Crippen LogP contribution in [-0.4, -0.2) is 28.7 Å². The Morgan fingerprint density at radius 2 is 1.86 bits per heavy atom. The van der Waals surface area contributed by atoms with Crippen molar-refractivity contribution in [3.63, 3.8) is 0 Å². The van der Waals surface area contributed by atoms with E-state index in [1.54, 1.807) is 0 Å². The predicted octanol–water partition coefficient (Wildman–Crippen LogP) is 2.93. The van der Waals surface area contributed by atoms with Gasteiger partial charge < -0.3 is 10.6 Å². The highest BCUT2D eigenvalue weighted by atomic mass is 16.2. The van der Waals surface area contributed by atoms with Gasteiger partial charge in [-0.25, -0.2) is 0 Å². The first kappa shape index (κ1) is 14.6. The van der Waals surface area contributed by atoms with Gasteiger partial charge in [0.2, 0.25) is 5.91 Å². The number of hydrogen-bond acceptors (Lipinski definition) is 3. The molecule has 1 aliphatic carbocycles. The van der Waals surface area contributed by atoms with Crippen molar-refractivity contribution in [2.75, 3.05) is 11.9 Å². The summed E-state index contributed by atoms with van der Waals surface area (Å²) in [4.78, 5) is 12.2. The molecule has 1 aliphatic heterocycles. The molecule has 3 N–H and O–H groups in total. The van der Waals surface area contributed by atoms with Gasteiger partial charge in [-0.2, -0.15) is 5.10 Å². The second kappa shape index (κ2) is 7.07. The number of anilines is 1. The molecule has 116 valence electrons. The number of amides is 1. The topological polar surface area (TPSA) is 69.8 Å². The molecule has 0 radical (unpaired) electrons. The first-order valence-corrected chi connectivity index (χ1v) is 8.42. The fourth-order valence-electron chi connectivity index (χ4n) is 3.49. The van der Waals surface area contributed by atoms with Crippen molar-refractivity contribution in [2.24, 2.45) is 0 Å². The summed E-state index contributed by atoms with van der Waals surface area (Å²) in [5.74, 6) is 1.30. The van der Waals surface area contributed by atoms with Gasteiger partial charge >= 0.3 is 0 Å². The number of aromatic amines is 1. The molecule has 21 heavy (non-hydrogen) atoms. The second-order valence-corrected chi connectivity index (χ2v) is 6.39. The smallest absolute Gasteiger partial charge is 0.242 e. The normalized spacial score (nSPS) is 24.5. The quantitative estimate of drug-likeness (QED) is 0.750. The maximum Gasteiger partial charge on any atom is 0.242 e. The van der Waals surface area contributed by atoms with Crippen LogP contribution in [0.4, 0.5) is 5.82 Å². The number of piperidine rings is 1. The van der Waals surface area contributed by atoms with Crippen LogP contribution < -0.4 is 10.6 Å². The van der Waals surface area contributed by atoms with Gasteiger partial charge in [0.1, 0.15) is 0 Å². The van der Waals surface area contributed by atoms with Crippen LogP contribution in [0.15, 0.2) is 6.07 Å². The molecule has 2 fully saturated rings. The minimum atomic E-state index is -0.0585. The third kappa shape index (κ3) is 3.84. The zero-order chi connectivity index (χ0) is 14.5. The third-order valence-electron chi connectivity index (χ3n) is 4.77. The number of carbonyl (C=O) groups excluding carboxylic acids is 1. The van der Waals surface area contributed by atoms with Crippen molar-refractivity contribution in [3.05, 3.63) is 11.8 Å². The van der Waals surface area contributed by atoms with E-state index < -0.39 is 0 Å². The monoisotopic (exact) mass is 290 g/mol. The Bertz CT molecular complexity index is 457. The Kier molecular flexibility index (Phi) is 4.91. The lowest BCUT2D eigenvalue weighted by molar-refractivity contribution is -0.118. The standard InChI is InChI=1S/C16H26N4O/c21-16(13-9-5-6-10-17-13)18-15-11-14(19-20-15)12-7-3-1-2-4-8-12/h11-13,17H,1-10H2,(H2,18,19,20,21). The molecule has 0 bridgehead atoms. The number of nitrogens with zero attached hydrogens (tertiary/aromatic N) is 1. The van der Waals surface area contributed by atoms with E-state index in [1.165, 1.54) is 44.2 Å². The summed E-state index contributed by atoms with van der Waals surface area (Å²) in [6.07, 6.45) is 11.0. The summed E-state index contributed by atoms with van der Waals surface area (Å²) < 4.78 is 0. The van der Waals surface area contributed by atoms with Crippen LogP contribution in [0.3, 0.4) is 0 Å². The molecule has 1 saturated carbocycles. The summed E-state index contributed by atoms with van der Waals surface area (Å²) in [6, 6.07) is 1.97. The van der Waals surface area contributed by atoms with E-state index in [1.807, 2.05) is 6.07 Å². The number of rotatable bonds is 3. The van der Waals surface area contributed by atoms with Gasteiger partial charge in [0.05, 0.1) is 6.04 Å². The lowest BCUT2D eigenvalue weighted by atomic mass is 9.97. The zero-order valence-electron chi connectivity index (χ0n) is 12.7. The number of carbonyl (C=O) groups is 1. The molecule has 5 nitrogen and oxygen atoms in total. The first-order chi connectivity index (χ1) is 10.3. The highest BCUT2D eigenvalue weighted by Gasteiger charge is 2.22. The molecule has 1 saturated heterocycles. The summed E-state index contributed by atoms with van der Waals surface area (Å²) >= 11 is 0. The average molecular weight is 290 g/mol. The number of hydrogen-bond donors (Lipinski definition) is 3. The van der Waals surface area contributed by atoms with Crippen molar-refractivity contribution in [2.45, 2.75) is 69.7 Å². The highest BCUT2D eigenvalue weighted by Crippen LogP contribution is 2.31. The summed E-state index contributed by atoms with van der Waals surface area (Å²) in [5.41, 5.74) is 1.18. The average Bonchev–Trinajstić information content (AvgIpc) is 2.81. The largest absolute Gasteiger partial charge is 0.308 e. The van der Waals surface area contributed by atoms with Crippen LogP contribution in [0, 0.1) is 0 Å². The Balaban J connectivity index is 1.57. The molecular weight excluding hydrogens is 264 g/mol. The van der Waals surface area contributed by atoms with Crippen LogP contribution in [0.1, 0.15) is 69.4 Å². The molecule has 2 heterocycles. The van der Waals surface area contributed by atoms with Gasteiger partial charge in [-0.3, -0.25) is 9.89 Å². The maximum absolute atomic E-state index is 12.2. The van der Waals surface area contributed by atoms with Gasteiger partial charge in [0, 0.05) is 17.7 Å². The van der Waals surface area contributed by atoms with Crippen LogP contribution in [0.25, 0.3) is 0 Å². The van der Waals surface area contributed by atoms with E-state index in [9.17, 15) is 4.79 Å². The first-order valence-electron chi connectivity index (χ1n) is 8.42. The Labute approximate surface area is 126 Å². The van der Waals surface area contributed by atoms with E-state index in [-0.39, 0.29) is 11.9 Å². The van der Waals surface area contributed by atoms with E-state index in [0.29, 0.717) is 11.7 Å². The molecule has 0 spiro atoms. The fourth-order valence-corrected chi connectivity index (χ4v) is 3.49. The molecule has 0 aromatic carbocycles. The molecule has 1 aromatic heterocycles. The van der Waals surface area contributed by atoms with Crippen LogP contribution in [0.2, 0.25) is 0 Å². The number of aromatic nitrogens is 2. The van der Waals surface area contributed by atoms with Crippen molar-refractivity contribution in [1.29, 1.82) is 0 Å². The second-order valence-electron chi connectivity index (χ2n) is 6.39. The van der Waals surface area contributed by atoms with Gasteiger partial charge in [0.25, 0.3) is 0 Å². The summed E-state index contributed by atoms with van der Waals surface area (Å²) in [7, 11) is 0. The molecule has 3 rings (SSSR count). The van der Waals surface area contributed by atoms with Crippen molar-refractivity contribution in [1.82, 2.24) is 15.5 Å². The number of nitrogens with one attached hydrogen (secondary N) is 3. The van der Waals surface area contributed by atoms with E-state index in [2.05, 4.69) is 20.8 Å². The van der Waals surface area contributed by atoms with Crippen molar-refractivity contribution < 1.29 is 4.79 Å². The Hall–Kier alpha value is -1.36. The molecule has 2 aliphatic rings. The molecule has 5 heteroatoms. The SMILES string of the molecule is O=C(Nc1cc(C2CCCCCC2)[nH]n1)C1CCCCN1. The lowest BCUT2D eigenvalue weighted by Crippen LogP contribution is -2.43. The zero-order valence-corrected chi connectivity index (χ0v) is 12.7. The number of H-pyrrole nitrogens is 1. The highest BCUT2D eigenvalue weighted by molar-refractivity contribution is 5.94. The van der Waals surface area contributed by atoms with Crippen LogP contribution in [0.5, 0.6) is 0 Å². The van der Waals surface area contributed by atoms with Crippen LogP contribution >= 0.6 is 0 Å². The van der Waals surface area contributed by atoms with Crippen LogP contribution in [-0.2, 0) is 4.79 Å². The Morgan fingerprint density at radius 3 is 2.57 bits per heavy atom. The molecular formula is C16H26N4O. The third-order valence-corrected chi connectivity index (χ3v) is 4.77. The van der Waals surface area contributed by atoms with E-state index in [4.69, 9.17) is 0 Å². The Morgan fingerprint density at radius 1 is 1.10 bits per heavy atom. The molecule has 1 atom stereocenters. The lowest BCUT2D eigenvalue weighted by Gasteiger charge is -2.21. The maximum atomic E-state index is 12.2. The van der Waals surface area contributed by atoms with E-state index >= 15 is 0 Å². The molecule has 1 aromatic rings. The van der Waals surface area contributed by atoms with E-state index in [0.717, 1.165) is 25.8 Å². The van der Waals surface area contributed by atoms with Crippen molar-refractivity contribution in [3.8, 4) is 0 Å².